The molecule has 3 aliphatic carbocycles. The summed E-state index contributed by atoms with van der Waals surface area (Å²) in [6.07, 6.45) is 4.38. The maximum Gasteiger partial charge on any atom is 0.311 e. The summed E-state index contributed by atoms with van der Waals surface area (Å²) in [5.74, 6) is 0.0502. The Labute approximate surface area is 202 Å². The highest BCUT2D eigenvalue weighted by atomic mass is 32.2. The Morgan fingerprint density at radius 3 is 2.34 bits per heavy atom. The summed E-state index contributed by atoms with van der Waals surface area (Å²) < 4.78 is 54.6. The van der Waals surface area contributed by atoms with Crippen LogP contribution in [0, 0.1) is 17.0 Å². The third-order valence-electron chi connectivity index (χ3n) is 6.70. The van der Waals surface area contributed by atoms with Gasteiger partial charge in [-0.3, -0.25) is 10.1 Å². The fraction of sp³-hybridized carbons (Fsp3) is 0.409. The molecule has 186 valence electrons. The first-order chi connectivity index (χ1) is 16.4. The number of sulfonamides is 1. The fourth-order valence-electron chi connectivity index (χ4n) is 5.28. The van der Waals surface area contributed by atoms with E-state index in [1.165, 1.54) is 24.4 Å². The first-order valence-electron chi connectivity index (χ1n) is 11.2. The summed E-state index contributed by atoms with van der Waals surface area (Å²) in [4.78, 5) is 15.4. The van der Waals surface area contributed by atoms with Gasteiger partial charge in [-0.05, 0) is 50.8 Å². The Morgan fingerprint density at radius 2 is 1.74 bits per heavy atom. The molecule has 35 heavy (non-hydrogen) atoms. The molecule has 3 saturated carbocycles. The number of aromatic nitrogens is 2. The lowest BCUT2D eigenvalue weighted by Crippen LogP contribution is -2.81. The van der Waals surface area contributed by atoms with E-state index in [-0.39, 0.29) is 27.7 Å². The van der Waals surface area contributed by atoms with E-state index in [9.17, 15) is 26.9 Å². The maximum atomic E-state index is 13.2. The van der Waals surface area contributed by atoms with Gasteiger partial charge in [0.05, 0.1) is 21.0 Å². The molecule has 1 aromatic carbocycles. The quantitative estimate of drug-likeness (QED) is 0.323. The lowest BCUT2D eigenvalue weighted by atomic mass is 9.44. The largest absolute Gasteiger partial charge is 0.373 e. The number of pyridine rings is 1. The van der Waals surface area contributed by atoms with E-state index in [0.717, 1.165) is 15.7 Å². The van der Waals surface area contributed by atoms with Crippen molar-refractivity contribution < 1.29 is 21.8 Å². The van der Waals surface area contributed by atoms with E-state index in [1.807, 2.05) is 6.92 Å². The van der Waals surface area contributed by atoms with Gasteiger partial charge in [-0.25, -0.2) is 30.5 Å². The second-order valence-corrected chi connectivity index (χ2v) is 13.2. The summed E-state index contributed by atoms with van der Waals surface area (Å²) in [6.45, 7) is 3.65. The summed E-state index contributed by atoms with van der Waals surface area (Å²) in [5, 5.41) is 15.3. The smallest absolute Gasteiger partial charge is 0.311 e. The molecular weight excluding hydrogens is 494 g/mol. The van der Waals surface area contributed by atoms with Gasteiger partial charge in [0.15, 0.2) is 5.65 Å². The molecule has 0 amide bonds. The average molecular weight is 520 g/mol. The zero-order valence-electron chi connectivity index (χ0n) is 19.2. The highest BCUT2D eigenvalue weighted by molar-refractivity contribution is 7.90. The normalized spacial score (nSPS) is 23.5. The third-order valence-corrected chi connectivity index (χ3v) is 10.1. The SMILES string of the molecule is CCCS(=O)(=O)NC12CC(Nc3c([N+](=O)[O-])cnc4c3ccn4S(=O)(=O)c3ccc(C)cc3)(C1)C2. The van der Waals surface area contributed by atoms with Crippen LogP contribution < -0.4 is 10.0 Å². The number of nitrogens with one attached hydrogen (secondary N) is 2. The Kier molecular flexibility index (Phi) is 5.24. The van der Waals surface area contributed by atoms with Crippen molar-refractivity contribution in [2.45, 2.75) is 55.5 Å². The Hall–Kier alpha value is -3.03. The minimum absolute atomic E-state index is 0.0502. The van der Waals surface area contributed by atoms with Gasteiger partial charge in [0.25, 0.3) is 10.0 Å². The first-order valence-corrected chi connectivity index (χ1v) is 14.3. The number of rotatable bonds is 9. The van der Waals surface area contributed by atoms with Gasteiger partial charge in [0, 0.05) is 17.3 Å². The molecule has 3 fully saturated rings. The zero-order valence-corrected chi connectivity index (χ0v) is 20.8. The average Bonchev–Trinajstić information content (AvgIpc) is 3.16. The zero-order chi connectivity index (χ0) is 25.2. The van der Waals surface area contributed by atoms with E-state index in [0.29, 0.717) is 31.1 Å². The molecule has 6 rings (SSSR count). The van der Waals surface area contributed by atoms with Crippen molar-refractivity contribution in [1.29, 1.82) is 0 Å². The van der Waals surface area contributed by atoms with Crippen molar-refractivity contribution >= 4 is 42.5 Å². The lowest BCUT2D eigenvalue weighted by Gasteiger charge is -2.70. The molecule has 0 spiro atoms. The number of hydrogen-bond donors (Lipinski definition) is 2. The molecule has 2 aromatic heterocycles. The summed E-state index contributed by atoms with van der Waals surface area (Å²) >= 11 is 0. The Bertz CT molecular complexity index is 1540. The van der Waals surface area contributed by atoms with Gasteiger partial charge >= 0.3 is 5.69 Å². The first kappa shape index (κ1) is 23.7. The number of anilines is 1. The molecular formula is C22H25N5O6S2. The fourth-order valence-corrected chi connectivity index (χ4v) is 8.10. The van der Waals surface area contributed by atoms with Gasteiger partial charge < -0.3 is 5.32 Å². The summed E-state index contributed by atoms with van der Waals surface area (Å²) in [6, 6.07) is 7.88. The van der Waals surface area contributed by atoms with Gasteiger partial charge in [-0.1, -0.05) is 24.6 Å². The molecule has 0 atom stereocenters. The summed E-state index contributed by atoms with van der Waals surface area (Å²) in [7, 11) is -7.35. The molecule has 11 nitrogen and oxygen atoms in total. The second kappa shape index (κ2) is 7.73. The highest BCUT2D eigenvalue weighted by Crippen LogP contribution is 2.62. The van der Waals surface area contributed by atoms with Gasteiger partial charge in [0.2, 0.25) is 10.0 Å². The number of benzene rings is 1. The van der Waals surface area contributed by atoms with E-state index >= 15 is 0 Å². The second-order valence-electron chi connectivity index (χ2n) is 9.58. The topological polar surface area (TPSA) is 153 Å². The Balaban J connectivity index is 1.48. The van der Waals surface area contributed by atoms with Crippen LogP contribution in [-0.4, -0.2) is 47.5 Å². The number of nitrogens with zero attached hydrogens (tertiary/aromatic N) is 3. The van der Waals surface area contributed by atoms with E-state index in [4.69, 9.17) is 0 Å². The number of nitro groups is 1. The van der Waals surface area contributed by atoms with Crippen LogP contribution in [0.5, 0.6) is 0 Å². The van der Waals surface area contributed by atoms with E-state index in [2.05, 4.69) is 15.0 Å². The molecule has 2 bridgehead atoms. The van der Waals surface area contributed by atoms with E-state index in [1.54, 1.807) is 19.1 Å². The van der Waals surface area contributed by atoms with Gasteiger partial charge in [-0.15, -0.1) is 0 Å². The lowest BCUT2D eigenvalue weighted by molar-refractivity contribution is -0.384. The molecule has 2 N–H and O–H groups in total. The van der Waals surface area contributed by atoms with Crippen LogP contribution in [-0.2, 0) is 20.0 Å². The van der Waals surface area contributed by atoms with Crippen LogP contribution in [0.1, 0.15) is 38.2 Å². The van der Waals surface area contributed by atoms with Crippen LogP contribution in [0.25, 0.3) is 11.0 Å². The molecule has 13 heteroatoms. The standard InChI is InChI=1S/C22H25N5O6S2/c1-3-10-34(30,31)25-22-12-21(13-22,14-22)24-19-17-8-9-26(20(17)23-11-18(19)27(28)29)35(32,33)16-6-4-15(2)5-7-16/h4-9,11,25H,3,10,12-14H2,1-2H3,(H,23,24). The minimum Gasteiger partial charge on any atom is -0.373 e. The minimum atomic E-state index is -3.97. The van der Waals surface area contributed by atoms with Gasteiger partial charge in [0.1, 0.15) is 11.9 Å². The third kappa shape index (κ3) is 3.87. The molecule has 3 aliphatic rings. The van der Waals surface area contributed by atoms with Crippen molar-refractivity contribution in [3.63, 3.8) is 0 Å². The predicted octanol–water partition coefficient (Wildman–Crippen LogP) is 2.91. The molecule has 0 radical (unpaired) electrons. The summed E-state index contributed by atoms with van der Waals surface area (Å²) in [5.41, 5.74) is -0.122. The van der Waals surface area contributed by atoms with Crippen molar-refractivity contribution in [2.24, 2.45) is 0 Å². The molecule has 0 unspecified atom stereocenters. The van der Waals surface area contributed by atoms with E-state index < -0.39 is 36.0 Å². The Morgan fingerprint density at radius 1 is 1.09 bits per heavy atom. The highest BCUT2D eigenvalue weighted by Gasteiger charge is 2.69. The van der Waals surface area contributed by atoms with Crippen LogP contribution in [0.2, 0.25) is 0 Å². The maximum absolute atomic E-state index is 13.2. The van der Waals surface area contributed by atoms with Crippen LogP contribution in [0.4, 0.5) is 11.4 Å². The molecule has 0 aliphatic heterocycles. The van der Waals surface area contributed by atoms with Crippen molar-refractivity contribution in [3.05, 3.63) is 58.4 Å². The number of fused-ring (bicyclic) bond motifs is 1. The van der Waals surface area contributed by atoms with Crippen molar-refractivity contribution in [3.8, 4) is 0 Å². The molecule has 3 aromatic rings. The van der Waals surface area contributed by atoms with Gasteiger partial charge in [-0.2, -0.15) is 0 Å². The van der Waals surface area contributed by atoms with Crippen LogP contribution in [0.15, 0.2) is 47.6 Å². The molecule has 0 saturated heterocycles. The molecule has 2 heterocycles. The van der Waals surface area contributed by atoms with Crippen molar-refractivity contribution in [2.75, 3.05) is 11.1 Å². The number of aryl methyl sites for hydroxylation is 1. The van der Waals surface area contributed by atoms with Crippen LogP contribution in [0.3, 0.4) is 0 Å². The number of hydrogen-bond acceptors (Lipinski definition) is 8. The van der Waals surface area contributed by atoms with Crippen molar-refractivity contribution in [1.82, 2.24) is 13.7 Å². The monoisotopic (exact) mass is 519 g/mol. The predicted molar refractivity (Wildman–Crippen MR) is 130 cm³/mol. The van der Waals surface area contributed by atoms with Crippen LogP contribution >= 0.6 is 0 Å².